The van der Waals surface area contributed by atoms with Crippen molar-refractivity contribution in [3.63, 3.8) is 0 Å². The highest BCUT2D eigenvalue weighted by Gasteiger charge is 2.17. The van der Waals surface area contributed by atoms with E-state index in [1.54, 1.807) is 17.8 Å². The molecule has 1 N–H and O–H groups in total. The van der Waals surface area contributed by atoms with E-state index in [-0.39, 0.29) is 0 Å². The lowest BCUT2D eigenvalue weighted by Gasteiger charge is -2.24. The molecule has 5 nitrogen and oxygen atoms in total. The van der Waals surface area contributed by atoms with Crippen molar-refractivity contribution < 1.29 is 9.90 Å². The number of pyridine rings is 1. The number of nitrogens with zero attached hydrogens (tertiary/aromatic N) is 3. The zero-order chi connectivity index (χ0) is 15.4. The Morgan fingerprint density at radius 3 is 3.00 bits per heavy atom. The van der Waals surface area contributed by atoms with Gasteiger partial charge in [-0.05, 0) is 31.4 Å². The van der Waals surface area contributed by atoms with Crippen LogP contribution in [0.2, 0.25) is 0 Å². The number of fused-ring (bicyclic) bond motifs is 1. The average Bonchev–Trinajstić information content (AvgIpc) is 2.83. The van der Waals surface area contributed by atoms with Gasteiger partial charge in [-0.25, -0.2) is 9.78 Å². The van der Waals surface area contributed by atoms with E-state index >= 15 is 0 Å². The van der Waals surface area contributed by atoms with Crippen molar-refractivity contribution in [1.82, 2.24) is 9.38 Å². The molecule has 0 bridgehead atoms. The number of thioether (sulfide) groups is 1. The minimum absolute atomic E-state index is 0.307. The summed E-state index contributed by atoms with van der Waals surface area (Å²) in [5.74, 6) is 0.804. The van der Waals surface area contributed by atoms with Crippen LogP contribution in [0, 0.1) is 0 Å². The number of hydrogen-bond acceptors (Lipinski definition) is 4. The van der Waals surface area contributed by atoms with Crippen LogP contribution in [-0.2, 0) is 4.79 Å². The first-order valence-corrected chi connectivity index (χ1v) is 8.04. The van der Waals surface area contributed by atoms with E-state index in [0.29, 0.717) is 6.04 Å². The molecule has 2 heterocycles. The lowest BCUT2D eigenvalue weighted by atomic mass is 10.3. The summed E-state index contributed by atoms with van der Waals surface area (Å²) in [6.45, 7) is 2.13. The van der Waals surface area contributed by atoms with Gasteiger partial charge in [0.15, 0.2) is 5.82 Å². The van der Waals surface area contributed by atoms with E-state index in [2.05, 4.69) is 23.1 Å². The van der Waals surface area contributed by atoms with Crippen molar-refractivity contribution >= 4 is 35.3 Å². The highest BCUT2D eigenvalue weighted by Crippen LogP contribution is 2.24. The van der Waals surface area contributed by atoms with Gasteiger partial charge < -0.3 is 10.0 Å². The number of imidazole rings is 1. The first-order chi connectivity index (χ1) is 10.0. The molecule has 0 aromatic carbocycles. The number of hydrogen-bond donors (Lipinski definition) is 1. The highest BCUT2D eigenvalue weighted by molar-refractivity contribution is 7.98. The standard InChI is InChI=1S/C15H19N3O2S/c1-11(10-21-3)17(2)15-12(7-8-14(19)20)18-9-5-4-6-13(18)16-15/h4-9,11H,10H2,1-3H3,(H,19,20)/b8-7+. The lowest BCUT2D eigenvalue weighted by molar-refractivity contribution is -0.131. The van der Waals surface area contributed by atoms with Crippen LogP contribution in [0.25, 0.3) is 11.7 Å². The topological polar surface area (TPSA) is 57.8 Å². The molecule has 0 aliphatic rings. The van der Waals surface area contributed by atoms with Crippen LogP contribution < -0.4 is 4.90 Å². The van der Waals surface area contributed by atoms with Gasteiger partial charge in [-0.15, -0.1) is 0 Å². The van der Waals surface area contributed by atoms with E-state index in [0.717, 1.165) is 29.0 Å². The van der Waals surface area contributed by atoms with Crippen molar-refractivity contribution in [3.8, 4) is 0 Å². The number of carboxylic acid groups (broad SMARTS) is 1. The largest absolute Gasteiger partial charge is 0.478 e. The third-order valence-corrected chi connectivity index (χ3v) is 4.15. The summed E-state index contributed by atoms with van der Waals surface area (Å²) in [6, 6.07) is 6.04. The first-order valence-electron chi connectivity index (χ1n) is 6.64. The number of carboxylic acids is 1. The third kappa shape index (κ3) is 3.39. The summed E-state index contributed by atoms with van der Waals surface area (Å²) in [5, 5.41) is 8.87. The fourth-order valence-electron chi connectivity index (χ4n) is 2.13. The zero-order valence-electron chi connectivity index (χ0n) is 12.4. The Morgan fingerprint density at radius 1 is 1.57 bits per heavy atom. The summed E-state index contributed by atoms with van der Waals surface area (Å²) in [7, 11) is 1.99. The highest BCUT2D eigenvalue weighted by atomic mass is 32.2. The predicted molar refractivity (Wildman–Crippen MR) is 88.1 cm³/mol. The molecule has 2 aromatic rings. The van der Waals surface area contributed by atoms with Crippen molar-refractivity contribution in [2.24, 2.45) is 0 Å². The van der Waals surface area contributed by atoms with Gasteiger partial charge in [-0.2, -0.15) is 11.8 Å². The molecule has 21 heavy (non-hydrogen) atoms. The quantitative estimate of drug-likeness (QED) is 0.831. The molecular formula is C15H19N3O2S. The molecule has 0 radical (unpaired) electrons. The first kappa shape index (κ1) is 15.4. The monoisotopic (exact) mass is 305 g/mol. The number of anilines is 1. The summed E-state index contributed by atoms with van der Waals surface area (Å²) >= 11 is 1.78. The van der Waals surface area contributed by atoms with Crippen molar-refractivity contribution in [2.45, 2.75) is 13.0 Å². The molecule has 6 heteroatoms. The molecule has 0 aliphatic heterocycles. The van der Waals surface area contributed by atoms with Gasteiger partial charge in [0.2, 0.25) is 0 Å². The summed E-state index contributed by atoms with van der Waals surface area (Å²) < 4.78 is 1.90. The van der Waals surface area contributed by atoms with E-state index < -0.39 is 5.97 Å². The molecule has 0 aliphatic carbocycles. The average molecular weight is 305 g/mol. The molecule has 2 aromatic heterocycles. The lowest BCUT2D eigenvalue weighted by Crippen LogP contribution is -2.31. The van der Waals surface area contributed by atoms with Crippen LogP contribution in [0.15, 0.2) is 30.5 Å². The van der Waals surface area contributed by atoms with Gasteiger partial charge in [0.1, 0.15) is 5.65 Å². The van der Waals surface area contributed by atoms with Gasteiger partial charge in [-0.1, -0.05) is 6.07 Å². The molecule has 1 unspecified atom stereocenters. The van der Waals surface area contributed by atoms with Crippen LogP contribution in [0.5, 0.6) is 0 Å². The van der Waals surface area contributed by atoms with E-state index in [9.17, 15) is 4.79 Å². The third-order valence-electron chi connectivity index (χ3n) is 3.33. The fraction of sp³-hybridized carbons (Fsp3) is 0.333. The predicted octanol–water partition coefficient (Wildman–Crippen LogP) is 2.62. The second kappa shape index (κ2) is 6.67. The van der Waals surface area contributed by atoms with Crippen molar-refractivity contribution in [2.75, 3.05) is 24.0 Å². The Labute approximate surface area is 128 Å². The van der Waals surface area contributed by atoms with Gasteiger partial charge in [0.05, 0.1) is 5.69 Å². The molecule has 0 saturated heterocycles. The Kier molecular flexibility index (Phi) is 4.90. The van der Waals surface area contributed by atoms with E-state index in [1.165, 1.54) is 0 Å². The van der Waals surface area contributed by atoms with Crippen LogP contribution in [-0.4, -0.2) is 45.6 Å². The number of rotatable bonds is 6. The van der Waals surface area contributed by atoms with Gasteiger partial charge in [0, 0.05) is 31.1 Å². The molecule has 0 spiro atoms. The van der Waals surface area contributed by atoms with Crippen LogP contribution in [0.4, 0.5) is 5.82 Å². The Morgan fingerprint density at radius 2 is 2.33 bits per heavy atom. The van der Waals surface area contributed by atoms with Gasteiger partial charge in [-0.3, -0.25) is 4.40 Å². The second-order valence-electron chi connectivity index (χ2n) is 4.84. The Balaban J connectivity index is 2.51. The fourth-order valence-corrected chi connectivity index (χ4v) is 2.83. The van der Waals surface area contributed by atoms with Gasteiger partial charge in [0.25, 0.3) is 0 Å². The summed E-state index contributed by atoms with van der Waals surface area (Å²) in [5.41, 5.74) is 1.59. The molecule has 1 atom stereocenters. The number of carbonyl (C=O) groups is 1. The SMILES string of the molecule is CSCC(C)N(C)c1nc2ccccn2c1/C=C/C(=O)O. The van der Waals surface area contributed by atoms with Gasteiger partial charge >= 0.3 is 5.97 Å². The number of aromatic nitrogens is 2. The molecule has 0 saturated carbocycles. The number of aliphatic carboxylic acids is 1. The molecule has 0 amide bonds. The maximum Gasteiger partial charge on any atom is 0.328 e. The molecule has 112 valence electrons. The summed E-state index contributed by atoms with van der Waals surface area (Å²) in [4.78, 5) is 17.5. The maximum atomic E-state index is 10.8. The minimum atomic E-state index is -0.966. The minimum Gasteiger partial charge on any atom is -0.478 e. The Bertz CT molecular complexity index is 666. The smallest absolute Gasteiger partial charge is 0.328 e. The van der Waals surface area contributed by atoms with Crippen LogP contribution >= 0.6 is 11.8 Å². The van der Waals surface area contributed by atoms with Crippen molar-refractivity contribution in [1.29, 1.82) is 0 Å². The van der Waals surface area contributed by atoms with Crippen LogP contribution in [0.1, 0.15) is 12.6 Å². The normalized spacial score (nSPS) is 12.9. The molecule has 0 fully saturated rings. The van der Waals surface area contributed by atoms with Crippen molar-refractivity contribution in [3.05, 3.63) is 36.2 Å². The zero-order valence-corrected chi connectivity index (χ0v) is 13.2. The van der Waals surface area contributed by atoms with E-state index in [1.807, 2.05) is 35.8 Å². The van der Waals surface area contributed by atoms with E-state index in [4.69, 9.17) is 5.11 Å². The molecule has 2 rings (SSSR count). The second-order valence-corrected chi connectivity index (χ2v) is 5.75. The molecular weight excluding hydrogens is 286 g/mol. The maximum absolute atomic E-state index is 10.8. The van der Waals surface area contributed by atoms with Crippen LogP contribution in [0.3, 0.4) is 0 Å². The Hall–Kier alpha value is -1.95. The summed E-state index contributed by atoms with van der Waals surface area (Å²) in [6.07, 6.45) is 6.70.